The topological polar surface area (TPSA) is 137 Å². The highest BCUT2D eigenvalue weighted by Gasteiger charge is 2.18. The van der Waals surface area contributed by atoms with E-state index in [0.717, 1.165) is 10.4 Å². The minimum absolute atomic E-state index is 0.0776. The number of rotatable bonds is 6. The molecule has 1 amide bonds. The summed E-state index contributed by atoms with van der Waals surface area (Å²) in [5, 5.41) is 6.81. The average molecular weight is 561 g/mol. The van der Waals surface area contributed by atoms with Crippen LogP contribution in [0.1, 0.15) is 5.69 Å². The summed E-state index contributed by atoms with van der Waals surface area (Å²) in [6.07, 6.45) is 0.616. The van der Waals surface area contributed by atoms with Crippen LogP contribution in [0.4, 0.5) is 10.5 Å². The number of ether oxygens (including phenoxy) is 1. The highest BCUT2D eigenvalue weighted by Crippen LogP contribution is 2.32. The van der Waals surface area contributed by atoms with Crippen LogP contribution in [0.3, 0.4) is 0 Å². The third-order valence-corrected chi connectivity index (χ3v) is 6.96. The van der Waals surface area contributed by atoms with Crippen LogP contribution in [0.2, 0.25) is 4.34 Å². The molecule has 0 saturated carbocycles. The van der Waals surface area contributed by atoms with E-state index in [1.165, 1.54) is 28.2 Å². The number of aromatic nitrogens is 5. The number of imidazole rings is 1. The summed E-state index contributed by atoms with van der Waals surface area (Å²) in [5.41, 5.74) is 1.88. The normalized spacial score (nSPS) is 11.1. The number of nitrogens with one attached hydrogen (secondary N) is 2. The van der Waals surface area contributed by atoms with Gasteiger partial charge in [0.1, 0.15) is 5.69 Å². The van der Waals surface area contributed by atoms with E-state index in [1.54, 1.807) is 41.0 Å². The summed E-state index contributed by atoms with van der Waals surface area (Å²) < 4.78 is 14.7. The Morgan fingerprint density at radius 1 is 1.08 bits per heavy atom. The van der Waals surface area contributed by atoms with Crippen LogP contribution in [0.5, 0.6) is 6.01 Å². The van der Waals surface area contributed by atoms with E-state index in [9.17, 15) is 14.4 Å². The van der Waals surface area contributed by atoms with Gasteiger partial charge in [-0.1, -0.05) is 28.9 Å². The number of carbonyl (C=O) groups is 1. The van der Waals surface area contributed by atoms with Crippen LogP contribution in [-0.2, 0) is 6.54 Å². The lowest BCUT2D eigenvalue weighted by Gasteiger charge is -2.09. The summed E-state index contributed by atoms with van der Waals surface area (Å²) in [6, 6.07) is 20.6. The molecule has 4 heterocycles. The van der Waals surface area contributed by atoms with Gasteiger partial charge in [-0.15, -0.1) is 11.3 Å². The minimum Gasteiger partial charge on any atom is -0.375 e. The van der Waals surface area contributed by atoms with E-state index in [2.05, 4.69) is 20.4 Å². The fourth-order valence-corrected chi connectivity index (χ4v) is 4.94. The Labute approximate surface area is 227 Å². The highest BCUT2D eigenvalue weighted by atomic mass is 35.5. The largest absolute Gasteiger partial charge is 0.419 e. The number of thiophene rings is 1. The fraction of sp³-hybridized carbons (Fsp3) is 0.0385. The fourth-order valence-electron chi connectivity index (χ4n) is 3.95. The third kappa shape index (κ3) is 5.10. The molecule has 2 N–H and O–H groups in total. The van der Waals surface area contributed by atoms with Crippen LogP contribution >= 0.6 is 22.9 Å². The van der Waals surface area contributed by atoms with Crippen LogP contribution < -0.4 is 21.3 Å². The summed E-state index contributed by atoms with van der Waals surface area (Å²) in [7, 11) is 0. The molecule has 0 spiro atoms. The molecule has 2 aromatic carbocycles. The van der Waals surface area contributed by atoms with Gasteiger partial charge in [-0.3, -0.25) is 24.2 Å². The maximum atomic E-state index is 12.8. The van der Waals surface area contributed by atoms with Crippen molar-refractivity contribution in [3.8, 4) is 22.3 Å². The van der Waals surface area contributed by atoms with Gasteiger partial charge in [0.25, 0.3) is 5.56 Å². The molecular formula is C26H17ClN6O5S. The molecule has 0 saturated heterocycles. The second-order valence-electron chi connectivity index (χ2n) is 8.30. The number of halogens is 1. The Kier molecular flexibility index (Phi) is 6.31. The number of nitrogens with zero attached hydrogens (tertiary/aromatic N) is 4. The van der Waals surface area contributed by atoms with Crippen molar-refractivity contribution < 1.29 is 14.1 Å². The Morgan fingerprint density at radius 3 is 2.67 bits per heavy atom. The maximum Gasteiger partial charge on any atom is 0.419 e. The molecule has 4 aromatic heterocycles. The first-order valence-corrected chi connectivity index (χ1v) is 12.7. The number of hydrogen-bond donors (Lipinski definition) is 2. The third-order valence-electron chi connectivity index (χ3n) is 5.71. The highest BCUT2D eigenvalue weighted by molar-refractivity contribution is 7.19. The van der Waals surface area contributed by atoms with Crippen molar-refractivity contribution in [1.29, 1.82) is 0 Å². The standard InChI is InChI=1S/C26H17ClN6O5S/c27-22-10-9-21(39-22)20-13-16(31-38-20)14-33-19-4-2-1-3-18(19)29-25(33)37-26(36)28-15-5-7-17(8-6-15)32-12-11-23(34)30-24(32)35/h1-13H,14H2,(H,28,36)(H,30,34,35). The molecule has 0 aliphatic carbocycles. The number of aromatic amines is 1. The smallest absolute Gasteiger partial charge is 0.375 e. The van der Waals surface area contributed by atoms with Crippen molar-refractivity contribution in [1.82, 2.24) is 24.3 Å². The van der Waals surface area contributed by atoms with Gasteiger partial charge in [-0.2, -0.15) is 4.98 Å². The molecule has 0 aliphatic rings. The summed E-state index contributed by atoms with van der Waals surface area (Å²) >= 11 is 7.42. The summed E-state index contributed by atoms with van der Waals surface area (Å²) in [6.45, 7) is 0.244. The molecule has 0 aliphatic heterocycles. The van der Waals surface area contributed by atoms with Crippen LogP contribution in [-0.4, -0.2) is 30.4 Å². The molecule has 0 atom stereocenters. The lowest BCUT2D eigenvalue weighted by Crippen LogP contribution is -2.27. The minimum atomic E-state index is -0.755. The first kappa shape index (κ1) is 24.4. The van der Waals surface area contributed by atoms with Crippen molar-refractivity contribution >= 4 is 45.8 Å². The van der Waals surface area contributed by atoms with Gasteiger partial charge >= 0.3 is 17.8 Å². The zero-order valence-electron chi connectivity index (χ0n) is 19.8. The molecular weight excluding hydrogens is 544 g/mol. The predicted molar refractivity (Wildman–Crippen MR) is 146 cm³/mol. The molecule has 0 unspecified atom stereocenters. The van der Waals surface area contributed by atoms with E-state index in [-0.39, 0.29) is 12.6 Å². The molecule has 11 nitrogen and oxygen atoms in total. The van der Waals surface area contributed by atoms with E-state index < -0.39 is 17.3 Å². The molecule has 194 valence electrons. The molecule has 13 heteroatoms. The average Bonchev–Trinajstić information content (AvgIpc) is 3.64. The number of hydrogen-bond acceptors (Lipinski definition) is 8. The number of H-pyrrole nitrogens is 1. The van der Waals surface area contributed by atoms with Crippen LogP contribution in [0.25, 0.3) is 27.4 Å². The second kappa shape index (κ2) is 10.1. The van der Waals surface area contributed by atoms with E-state index in [1.807, 2.05) is 30.3 Å². The molecule has 0 fully saturated rings. The summed E-state index contributed by atoms with van der Waals surface area (Å²) in [4.78, 5) is 43.6. The number of amides is 1. The lowest BCUT2D eigenvalue weighted by atomic mass is 10.3. The monoisotopic (exact) mass is 560 g/mol. The zero-order valence-corrected chi connectivity index (χ0v) is 21.4. The van der Waals surface area contributed by atoms with Crippen LogP contribution in [0.15, 0.2) is 93.1 Å². The maximum absolute atomic E-state index is 12.8. The molecule has 39 heavy (non-hydrogen) atoms. The quantitative estimate of drug-likeness (QED) is 0.295. The van der Waals surface area contributed by atoms with Gasteiger partial charge in [0.05, 0.1) is 32.5 Å². The van der Waals surface area contributed by atoms with E-state index >= 15 is 0 Å². The van der Waals surface area contributed by atoms with Gasteiger partial charge in [0.2, 0.25) is 0 Å². The van der Waals surface area contributed by atoms with Gasteiger partial charge < -0.3 is 9.26 Å². The predicted octanol–water partition coefficient (Wildman–Crippen LogP) is 4.90. The Bertz CT molecular complexity index is 1930. The van der Waals surface area contributed by atoms with Crippen molar-refractivity contribution in [3.05, 3.63) is 110 Å². The Balaban J connectivity index is 1.21. The molecule has 0 bridgehead atoms. The van der Waals surface area contributed by atoms with Crippen molar-refractivity contribution in [2.75, 3.05) is 5.32 Å². The Morgan fingerprint density at radius 2 is 1.90 bits per heavy atom. The first-order chi connectivity index (χ1) is 18.9. The number of anilines is 1. The number of para-hydroxylation sites is 2. The molecule has 0 radical (unpaired) electrons. The lowest BCUT2D eigenvalue weighted by molar-refractivity contribution is 0.209. The Hall–Kier alpha value is -4.94. The van der Waals surface area contributed by atoms with E-state index in [4.69, 9.17) is 20.9 Å². The number of fused-ring (bicyclic) bond motifs is 1. The van der Waals surface area contributed by atoms with E-state index in [0.29, 0.717) is 32.7 Å². The summed E-state index contributed by atoms with van der Waals surface area (Å²) in [5.74, 6) is 0.583. The van der Waals surface area contributed by atoms with Gasteiger partial charge in [0, 0.05) is 24.0 Å². The zero-order chi connectivity index (χ0) is 26.9. The molecule has 6 aromatic rings. The number of carbonyl (C=O) groups excluding carboxylic acids is 1. The van der Waals surface area contributed by atoms with Crippen molar-refractivity contribution in [2.45, 2.75) is 6.54 Å². The number of benzene rings is 2. The second-order valence-corrected chi connectivity index (χ2v) is 10.0. The molecule has 6 rings (SSSR count). The van der Waals surface area contributed by atoms with Crippen LogP contribution in [0, 0.1) is 0 Å². The van der Waals surface area contributed by atoms with Gasteiger partial charge in [-0.05, 0) is 48.5 Å². The SMILES string of the molecule is O=C(Nc1ccc(-n2ccc(=O)[nH]c2=O)cc1)Oc1nc2ccccc2n1Cc1cc(-c2ccc(Cl)s2)on1. The van der Waals surface area contributed by atoms with Crippen molar-refractivity contribution in [2.24, 2.45) is 0 Å². The first-order valence-electron chi connectivity index (χ1n) is 11.5. The van der Waals surface area contributed by atoms with Gasteiger partial charge in [0.15, 0.2) is 5.76 Å². The van der Waals surface area contributed by atoms with Crippen molar-refractivity contribution in [3.63, 3.8) is 0 Å². The van der Waals surface area contributed by atoms with Gasteiger partial charge in [-0.25, -0.2) is 9.59 Å².